The molecule has 0 atom stereocenters. The first-order chi connectivity index (χ1) is 5.65. The smallest absolute Gasteiger partial charge is 0.146 e. The Hall–Kier alpha value is -0.640. The van der Waals surface area contributed by atoms with Crippen LogP contribution in [0.3, 0.4) is 0 Å². The van der Waals surface area contributed by atoms with Gasteiger partial charge in [0.15, 0.2) is 0 Å². The van der Waals surface area contributed by atoms with Crippen LogP contribution < -0.4 is 5.49 Å². The van der Waals surface area contributed by atoms with Gasteiger partial charge in [-0.2, -0.15) is 0 Å². The Bertz CT molecular complexity index is 327. The average Bonchev–Trinajstić information content (AvgIpc) is 2.04. The van der Waals surface area contributed by atoms with E-state index in [4.69, 9.17) is 0 Å². The molecule has 1 aromatic rings. The van der Waals surface area contributed by atoms with Crippen LogP contribution in [-0.4, -0.2) is 16.6 Å². The molecule has 12 heavy (non-hydrogen) atoms. The summed E-state index contributed by atoms with van der Waals surface area (Å²) in [4.78, 5) is 8.21. The lowest BCUT2D eigenvalue weighted by Crippen LogP contribution is -2.22. The summed E-state index contributed by atoms with van der Waals surface area (Å²) in [5.41, 5.74) is 0.896. The Balaban J connectivity index is 3.32. The van der Waals surface area contributed by atoms with Crippen LogP contribution in [0.4, 0.5) is 0 Å². The number of hydrogen-bond donors (Lipinski definition) is 0. The summed E-state index contributed by atoms with van der Waals surface area (Å²) < 4.78 is 2.90. The van der Waals surface area contributed by atoms with Gasteiger partial charge in [0.05, 0.1) is 6.20 Å². The predicted octanol–water partition coefficient (Wildman–Crippen LogP) is 1.76. The van der Waals surface area contributed by atoms with Gasteiger partial charge in [-0.1, -0.05) is 0 Å². The summed E-state index contributed by atoms with van der Waals surface area (Å²) in [5.74, 6) is 0. The van der Waals surface area contributed by atoms with Crippen molar-refractivity contribution in [3.05, 3.63) is 22.5 Å². The van der Waals surface area contributed by atoms with Gasteiger partial charge in [0, 0.05) is 19.3 Å². The number of halogens is 1. The van der Waals surface area contributed by atoms with Crippen molar-refractivity contribution in [2.45, 2.75) is 19.9 Å². The van der Waals surface area contributed by atoms with Gasteiger partial charge in [0.1, 0.15) is 10.1 Å². The SMILES string of the molecule is CN=c1cnc(Br)cn1C(C)C. The number of nitrogens with zero attached hydrogens (tertiary/aromatic N) is 3. The summed E-state index contributed by atoms with van der Waals surface area (Å²) in [7, 11) is 1.77. The molecule has 3 nitrogen and oxygen atoms in total. The van der Waals surface area contributed by atoms with E-state index in [1.807, 2.05) is 6.20 Å². The molecule has 0 aromatic carbocycles. The molecule has 0 N–H and O–H groups in total. The average molecular weight is 230 g/mol. The van der Waals surface area contributed by atoms with Crippen molar-refractivity contribution in [2.24, 2.45) is 4.99 Å². The Morgan fingerprint density at radius 3 is 2.75 bits per heavy atom. The summed E-state index contributed by atoms with van der Waals surface area (Å²) in [6.45, 7) is 4.22. The molecular weight excluding hydrogens is 218 g/mol. The molecule has 0 aliphatic heterocycles. The molecule has 66 valence electrons. The van der Waals surface area contributed by atoms with Gasteiger partial charge in [0.2, 0.25) is 0 Å². The van der Waals surface area contributed by atoms with E-state index in [0.29, 0.717) is 6.04 Å². The fraction of sp³-hybridized carbons (Fsp3) is 0.500. The van der Waals surface area contributed by atoms with Crippen LogP contribution in [0.15, 0.2) is 22.0 Å². The van der Waals surface area contributed by atoms with Gasteiger partial charge in [-0.05, 0) is 29.8 Å². The molecule has 0 amide bonds. The molecule has 1 heterocycles. The molecular formula is C8H12BrN3. The zero-order valence-electron chi connectivity index (χ0n) is 7.45. The normalized spacial score (nSPS) is 12.6. The Morgan fingerprint density at radius 1 is 1.58 bits per heavy atom. The van der Waals surface area contributed by atoms with Gasteiger partial charge >= 0.3 is 0 Å². The molecule has 0 aliphatic carbocycles. The largest absolute Gasteiger partial charge is 0.327 e. The zero-order valence-corrected chi connectivity index (χ0v) is 9.04. The second-order valence-corrected chi connectivity index (χ2v) is 3.61. The van der Waals surface area contributed by atoms with Gasteiger partial charge < -0.3 is 4.57 Å². The van der Waals surface area contributed by atoms with Gasteiger partial charge in [-0.25, -0.2) is 4.98 Å². The Morgan fingerprint density at radius 2 is 2.25 bits per heavy atom. The highest BCUT2D eigenvalue weighted by Gasteiger charge is 1.98. The summed E-state index contributed by atoms with van der Waals surface area (Å²) in [6, 6.07) is 0.406. The molecule has 0 aliphatic rings. The highest BCUT2D eigenvalue weighted by Crippen LogP contribution is 2.05. The topological polar surface area (TPSA) is 30.2 Å². The lowest BCUT2D eigenvalue weighted by atomic mass is 10.4. The number of hydrogen-bond acceptors (Lipinski definition) is 2. The van der Waals surface area contributed by atoms with Crippen molar-refractivity contribution in [1.29, 1.82) is 0 Å². The van der Waals surface area contributed by atoms with E-state index in [9.17, 15) is 0 Å². The fourth-order valence-corrected chi connectivity index (χ4v) is 1.31. The van der Waals surface area contributed by atoms with Crippen molar-refractivity contribution >= 4 is 15.9 Å². The fourth-order valence-electron chi connectivity index (χ4n) is 0.987. The highest BCUT2D eigenvalue weighted by molar-refractivity contribution is 9.10. The standard InChI is InChI=1S/C8H12BrN3/c1-6(2)12-5-7(9)11-4-8(12)10-3/h4-6H,1-3H3. The van der Waals surface area contributed by atoms with E-state index in [0.717, 1.165) is 10.1 Å². The molecule has 0 radical (unpaired) electrons. The summed E-state index contributed by atoms with van der Waals surface area (Å²) in [5, 5.41) is 0. The molecule has 1 rings (SSSR count). The van der Waals surface area contributed by atoms with Crippen molar-refractivity contribution < 1.29 is 0 Å². The second kappa shape index (κ2) is 3.85. The quantitative estimate of drug-likeness (QED) is 0.722. The van der Waals surface area contributed by atoms with E-state index >= 15 is 0 Å². The molecule has 0 saturated heterocycles. The first-order valence-corrected chi connectivity index (χ1v) is 4.61. The molecule has 4 heteroatoms. The number of aromatic nitrogens is 2. The maximum absolute atomic E-state index is 4.11. The van der Waals surface area contributed by atoms with Crippen LogP contribution >= 0.6 is 15.9 Å². The molecule has 0 fully saturated rings. The van der Waals surface area contributed by atoms with Crippen LogP contribution in [-0.2, 0) is 0 Å². The van der Waals surface area contributed by atoms with Crippen LogP contribution in [0.25, 0.3) is 0 Å². The van der Waals surface area contributed by atoms with E-state index < -0.39 is 0 Å². The maximum atomic E-state index is 4.11. The minimum atomic E-state index is 0.406. The minimum Gasteiger partial charge on any atom is -0.327 e. The molecule has 0 bridgehead atoms. The summed E-state index contributed by atoms with van der Waals surface area (Å²) in [6.07, 6.45) is 3.69. The Kier molecular flexibility index (Phi) is 3.03. The number of rotatable bonds is 1. The third kappa shape index (κ3) is 1.94. The third-order valence-electron chi connectivity index (χ3n) is 1.60. The van der Waals surface area contributed by atoms with Crippen molar-refractivity contribution in [1.82, 2.24) is 9.55 Å². The highest BCUT2D eigenvalue weighted by atomic mass is 79.9. The predicted molar refractivity (Wildman–Crippen MR) is 51.8 cm³/mol. The van der Waals surface area contributed by atoms with Crippen molar-refractivity contribution in [3.63, 3.8) is 0 Å². The monoisotopic (exact) mass is 229 g/mol. The van der Waals surface area contributed by atoms with Crippen LogP contribution in [0.1, 0.15) is 19.9 Å². The summed E-state index contributed by atoms with van der Waals surface area (Å²) >= 11 is 3.32. The lowest BCUT2D eigenvalue weighted by Gasteiger charge is -2.10. The second-order valence-electron chi connectivity index (χ2n) is 2.79. The van der Waals surface area contributed by atoms with Gasteiger partial charge in [-0.3, -0.25) is 4.99 Å². The maximum Gasteiger partial charge on any atom is 0.146 e. The lowest BCUT2D eigenvalue weighted by molar-refractivity contribution is 0.562. The molecule has 0 saturated carbocycles. The van der Waals surface area contributed by atoms with Crippen molar-refractivity contribution in [3.8, 4) is 0 Å². The molecule has 0 spiro atoms. The molecule has 1 aromatic heterocycles. The van der Waals surface area contributed by atoms with E-state index in [1.165, 1.54) is 0 Å². The van der Waals surface area contributed by atoms with Crippen LogP contribution in [0.5, 0.6) is 0 Å². The van der Waals surface area contributed by atoms with E-state index in [-0.39, 0.29) is 0 Å². The van der Waals surface area contributed by atoms with Crippen LogP contribution in [0, 0.1) is 0 Å². The molecule has 0 unspecified atom stereocenters. The van der Waals surface area contributed by atoms with Crippen molar-refractivity contribution in [2.75, 3.05) is 7.05 Å². The van der Waals surface area contributed by atoms with Gasteiger partial charge in [0.25, 0.3) is 0 Å². The first-order valence-electron chi connectivity index (χ1n) is 3.81. The zero-order chi connectivity index (χ0) is 9.14. The minimum absolute atomic E-state index is 0.406. The first kappa shape index (κ1) is 9.45. The van der Waals surface area contributed by atoms with Gasteiger partial charge in [-0.15, -0.1) is 0 Å². The van der Waals surface area contributed by atoms with E-state index in [2.05, 4.69) is 44.3 Å². The Labute approximate surface area is 80.3 Å². The third-order valence-corrected chi connectivity index (χ3v) is 2.01. The van der Waals surface area contributed by atoms with Crippen LogP contribution in [0.2, 0.25) is 0 Å². The van der Waals surface area contributed by atoms with E-state index in [1.54, 1.807) is 13.2 Å².